The van der Waals surface area contributed by atoms with Crippen LogP contribution in [0, 0.1) is 0 Å². The zero-order chi connectivity index (χ0) is 17.3. The molecule has 1 fully saturated rings. The fraction of sp³-hybridized carbons (Fsp3) is 0.579. The Morgan fingerprint density at radius 2 is 2.04 bits per heavy atom. The molecule has 0 atom stereocenters. The van der Waals surface area contributed by atoms with E-state index in [9.17, 15) is 4.79 Å². The summed E-state index contributed by atoms with van der Waals surface area (Å²) in [5, 5.41) is 8.69. The van der Waals surface area contributed by atoms with Crippen molar-refractivity contribution in [2.45, 2.75) is 58.5 Å². The standard InChI is InChI=1S/C19H27N3O2/c1-5-16-15-12-14(6-7-17(15)21-20-16)13-8-10-22(11-9-13)18(23)24-19(2,3)4/h6-7,12-13H,5,8-11H2,1-4H3,(H,20,21). The van der Waals surface area contributed by atoms with Crippen LogP contribution in [0.15, 0.2) is 18.2 Å². The van der Waals surface area contributed by atoms with Crippen LogP contribution in [0.2, 0.25) is 0 Å². The van der Waals surface area contributed by atoms with E-state index in [0.717, 1.165) is 37.9 Å². The lowest BCUT2D eigenvalue weighted by Gasteiger charge is -2.33. The number of piperidine rings is 1. The number of hydrogen-bond donors (Lipinski definition) is 1. The van der Waals surface area contributed by atoms with Crippen molar-refractivity contribution in [3.05, 3.63) is 29.5 Å². The minimum atomic E-state index is -0.434. The summed E-state index contributed by atoms with van der Waals surface area (Å²) in [4.78, 5) is 14.0. The number of fused-ring (bicyclic) bond motifs is 1. The maximum atomic E-state index is 12.2. The van der Waals surface area contributed by atoms with Gasteiger partial charge >= 0.3 is 6.09 Å². The fourth-order valence-electron chi connectivity index (χ4n) is 3.33. The number of carbonyl (C=O) groups excluding carboxylic acids is 1. The van der Waals surface area contributed by atoms with E-state index in [1.165, 1.54) is 16.6 Å². The summed E-state index contributed by atoms with van der Waals surface area (Å²) in [6.45, 7) is 9.36. The highest BCUT2D eigenvalue weighted by Crippen LogP contribution is 2.31. The van der Waals surface area contributed by atoms with Crippen molar-refractivity contribution in [3.8, 4) is 0 Å². The van der Waals surface area contributed by atoms with Gasteiger partial charge in [0.25, 0.3) is 0 Å². The van der Waals surface area contributed by atoms with Gasteiger partial charge in [0.05, 0.1) is 5.52 Å². The summed E-state index contributed by atoms with van der Waals surface area (Å²) in [5.41, 5.74) is 3.14. The third kappa shape index (κ3) is 3.55. The molecule has 0 radical (unpaired) electrons. The molecule has 0 bridgehead atoms. The van der Waals surface area contributed by atoms with Crippen LogP contribution in [-0.2, 0) is 11.2 Å². The Bertz CT molecular complexity index is 722. The number of amides is 1. The van der Waals surface area contributed by atoms with Gasteiger partial charge in [-0.2, -0.15) is 5.10 Å². The molecule has 0 aliphatic carbocycles. The van der Waals surface area contributed by atoms with Gasteiger partial charge in [-0.1, -0.05) is 13.0 Å². The van der Waals surface area contributed by atoms with E-state index in [4.69, 9.17) is 4.74 Å². The Hall–Kier alpha value is -2.04. The first kappa shape index (κ1) is 16.8. The summed E-state index contributed by atoms with van der Waals surface area (Å²) < 4.78 is 5.47. The lowest BCUT2D eigenvalue weighted by atomic mass is 9.88. The minimum Gasteiger partial charge on any atom is -0.444 e. The number of aryl methyl sites for hydroxylation is 1. The van der Waals surface area contributed by atoms with Crippen molar-refractivity contribution in [2.24, 2.45) is 0 Å². The van der Waals surface area contributed by atoms with E-state index < -0.39 is 5.60 Å². The van der Waals surface area contributed by atoms with Gasteiger partial charge in [0, 0.05) is 24.2 Å². The molecule has 1 saturated heterocycles. The number of aromatic nitrogens is 2. The molecular weight excluding hydrogens is 302 g/mol. The molecule has 1 aliphatic heterocycles. The van der Waals surface area contributed by atoms with Gasteiger partial charge in [0.2, 0.25) is 0 Å². The summed E-state index contributed by atoms with van der Waals surface area (Å²) >= 11 is 0. The SMILES string of the molecule is CCc1[nH]nc2ccc(C3CCN(C(=O)OC(C)(C)C)CC3)cc12. The molecule has 1 aliphatic rings. The van der Waals surface area contributed by atoms with Crippen molar-refractivity contribution < 1.29 is 9.53 Å². The molecule has 1 amide bonds. The van der Waals surface area contributed by atoms with Crippen LogP contribution >= 0.6 is 0 Å². The van der Waals surface area contributed by atoms with Crippen LogP contribution in [0.4, 0.5) is 4.79 Å². The molecular formula is C19H27N3O2. The number of aromatic amines is 1. The predicted molar refractivity (Wildman–Crippen MR) is 95.3 cm³/mol. The maximum absolute atomic E-state index is 12.2. The predicted octanol–water partition coefficient (Wildman–Crippen LogP) is 4.24. The third-order valence-corrected chi connectivity index (χ3v) is 4.63. The second-order valence-electron chi connectivity index (χ2n) is 7.57. The zero-order valence-electron chi connectivity index (χ0n) is 15.1. The molecule has 1 N–H and O–H groups in total. The Labute approximate surface area is 143 Å². The number of likely N-dealkylation sites (tertiary alicyclic amines) is 1. The van der Waals surface area contributed by atoms with Crippen LogP contribution in [0.5, 0.6) is 0 Å². The molecule has 130 valence electrons. The summed E-state index contributed by atoms with van der Waals surface area (Å²) in [6, 6.07) is 6.54. The second-order valence-corrected chi connectivity index (χ2v) is 7.57. The van der Waals surface area contributed by atoms with Crippen LogP contribution in [0.3, 0.4) is 0 Å². The number of nitrogens with one attached hydrogen (secondary N) is 1. The van der Waals surface area contributed by atoms with E-state index in [1.54, 1.807) is 0 Å². The molecule has 5 nitrogen and oxygen atoms in total. The molecule has 0 spiro atoms. The Morgan fingerprint density at radius 1 is 1.33 bits per heavy atom. The Kier molecular flexibility index (Phi) is 4.52. The number of ether oxygens (including phenoxy) is 1. The van der Waals surface area contributed by atoms with Gasteiger partial charge in [-0.05, 0) is 63.6 Å². The van der Waals surface area contributed by atoms with Crippen molar-refractivity contribution in [3.63, 3.8) is 0 Å². The number of nitrogens with zero attached hydrogens (tertiary/aromatic N) is 2. The third-order valence-electron chi connectivity index (χ3n) is 4.63. The quantitative estimate of drug-likeness (QED) is 0.896. The number of carbonyl (C=O) groups is 1. The first-order valence-electron chi connectivity index (χ1n) is 8.82. The lowest BCUT2D eigenvalue weighted by molar-refractivity contribution is 0.0205. The van der Waals surface area contributed by atoms with Crippen molar-refractivity contribution >= 4 is 17.0 Å². The normalized spacial score (nSPS) is 16.6. The molecule has 1 aromatic heterocycles. The summed E-state index contributed by atoms with van der Waals surface area (Å²) in [7, 11) is 0. The van der Waals surface area contributed by atoms with E-state index >= 15 is 0 Å². The largest absolute Gasteiger partial charge is 0.444 e. The maximum Gasteiger partial charge on any atom is 0.410 e. The summed E-state index contributed by atoms with van der Waals surface area (Å²) in [5.74, 6) is 0.493. The van der Waals surface area contributed by atoms with Crippen molar-refractivity contribution in [1.82, 2.24) is 15.1 Å². The highest BCUT2D eigenvalue weighted by atomic mass is 16.6. The molecule has 2 heterocycles. The zero-order valence-corrected chi connectivity index (χ0v) is 15.1. The van der Waals surface area contributed by atoms with E-state index in [1.807, 2.05) is 25.7 Å². The van der Waals surface area contributed by atoms with Crippen LogP contribution < -0.4 is 0 Å². The van der Waals surface area contributed by atoms with Gasteiger partial charge in [0.1, 0.15) is 5.60 Å². The fourth-order valence-corrected chi connectivity index (χ4v) is 3.33. The second kappa shape index (κ2) is 6.46. The van der Waals surface area contributed by atoms with Crippen molar-refractivity contribution in [2.75, 3.05) is 13.1 Å². The first-order chi connectivity index (χ1) is 11.4. The van der Waals surface area contributed by atoms with E-state index in [2.05, 4.69) is 35.3 Å². The van der Waals surface area contributed by atoms with E-state index in [0.29, 0.717) is 5.92 Å². The lowest BCUT2D eigenvalue weighted by Crippen LogP contribution is -2.41. The molecule has 0 saturated carbocycles. The summed E-state index contributed by atoms with van der Waals surface area (Å²) in [6.07, 6.45) is 2.71. The minimum absolute atomic E-state index is 0.195. The number of hydrogen-bond acceptors (Lipinski definition) is 3. The number of rotatable bonds is 2. The van der Waals surface area contributed by atoms with Crippen LogP contribution in [-0.4, -0.2) is 39.9 Å². The number of H-pyrrole nitrogens is 1. The first-order valence-corrected chi connectivity index (χ1v) is 8.82. The molecule has 1 aromatic carbocycles. The molecule has 2 aromatic rings. The van der Waals surface area contributed by atoms with Crippen molar-refractivity contribution in [1.29, 1.82) is 0 Å². The molecule has 24 heavy (non-hydrogen) atoms. The molecule has 5 heteroatoms. The van der Waals surface area contributed by atoms with Gasteiger partial charge in [0.15, 0.2) is 0 Å². The Balaban J connectivity index is 1.67. The highest BCUT2D eigenvalue weighted by Gasteiger charge is 2.27. The smallest absolute Gasteiger partial charge is 0.410 e. The van der Waals surface area contributed by atoms with Gasteiger partial charge in [-0.15, -0.1) is 0 Å². The molecule has 3 rings (SSSR count). The van der Waals surface area contributed by atoms with Crippen LogP contribution in [0.1, 0.15) is 57.7 Å². The average Bonchev–Trinajstić information content (AvgIpc) is 2.95. The van der Waals surface area contributed by atoms with Crippen LogP contribution in [0.25, 0.3) is 10.9 Å². The topological polar surface area (TPSA) is 58.2 Å². The van der Waals surface area contributed by atoms with Gasteiger partial charge in [-0.3, -0.25) is 5.10 Å². The highest BCUT2D eigenvalue weighted by molar-refractivity contribution is 5.82. The van der Waals surface area contributed by atoms with Gasteiger partial charge < -0.3 is 9.64 Å². The Morgan fingerprint density at radius 3 is 2.67 bits per heavy atom. The number of benzene rings is 1. The van der Waals surface area contributed by atoms with E-state index in [-0.39, 0.29) is 6.09 Å². The molecule has 0 unspecified atom stereocenters. The van der Waals surface area contributed by atoms with Gasteiger partial charge in [-0.25, -0.2) is 4.79 Å². The monoisotopic (exact) mass is 329 g/mol. The average molecular weight is 329 g/mol.